The van der Waals surface area contributed by atoms with Crippen LogP contribution in [0.15, 0.2) is 24.3 Å². The second kappa shape index (κ2) is 4.86. The number of nitrogens with zero attached hydrogens (tertiary/aromatic N) is 2. The minimum atomic E-state index is -0.534. The van der Waals surface area contributed by atoms with Crippen LogP contribution in [0.1, 0.15) is 16.8 Å². The lowest BCUT2D eigenvalue weighted by molar-refractivity contribution is -0.384. The van der Waals surface area contributed by atoms with Crippen molar-refractivity contribution in [3.8, 4) is 6.07 Å². The Balaban J connectivity index is 2.76. The van der Waals surface area contributed by atoms with Crippen molar-refractivity contribution in [1.82, 2.24) is 0 Å². The summed E-state index contributed by atoms with van der Waals surface area (Å²) in [5.74, 6) is -0.300. The van der Waals surface area contributed by atoms with E-state index in [1.54, 1.807) is 0 Å². The molecule has 1 aromatic rings. The predicted octanol–water partition coefficient (Wildman–Crippen LogP) is 1.90. The van der Waals surface area contributed by atoms with Gasteiger partial charge in [0, 0.05) is 30.5 Å². The molecule has 1 aromatic carbocycles. The monoisotopic (exact) mass is 203 g/mol. The average molecular weight is 203 g/mol. The Kier molecular flexibility index (Phi) is 3.52. The molecule has 0 aliphatic rings. The molecule has 15 heavy (non-hydrogen) atoms. The van der Waals surface area contributed by atoms with Gasteiger partial charge in [-0.05, 0) is 12.1 Å². The van der Waals surface area contributed by atoms with Crippen LogP contribution < -0.4 is 0 Å². The Bertz CT molecular complexity index is 417. The summed E-state index contributed by atoms with van der Waals surface area (Å²) in [5, 5.41) is 18.6. The molecule has 1 rings (SSSR count). The van der Waals surface area contributed by atoms with Gasteiger partial charge in [-0.2, -0.15) is 5.26 Å². The number of benzene rings is 1. The molecule has 0 bridgehead atoms. The fourth-order valence-corrected chi connectivity index (χ4v) is 1.00. The largest absolute Gasteiger partial charge is 0.294 e. The summed E-state index contributed by atoms with van der Waals surface area (Å²) >= 11 is 0. The van der Waals surface area contributed by atoms with Crippen molar-refractivity contribution >= 4 is 11.5 Å². The van der Waals surface area contributed by atoms with E-state index >= 15 is 0 Å². The van der Waals surface area contributed by atoms with E-state index in [-0.39, 0.29) is 17.9 Å². The SMILES string of the molecule is N#CC[CH]C(=O)c1ccc([N+](=O)[O-])cc1. The highest BCUT2D eigenvalue weighted by Crippen LogP contribution is 2.13. The van der Waals surface area contributed by atoms with Gasteiger partial charge in [-0.25, -0.2) is 0 Å². The molecule has 0 atom stereocenters. The summed E-state index contributed by atoms with van der Waals surface area (Å²) < 4.78 is 0. The van der Waals surface area contributed by atoms with E-state index < -0.39 is 4.92 Å². The zero-order valence-electron chi connectivity index (χ0n) is 7.71. The Hall–Kier alpha value is -2.22. The number of hydrogen-bond acceptors (Lipinski definition) is 4. The third-order valence-electron chi connectivity index (χ3n) is 1.74. The van der Waals surface area contributed by atoms with Crippen LogP contribution in [0.3, 0.4) is 0 Å². The van der Waals surface area contributed by atoms with Crippen molar-refractivity contribution in [3.05, 3.63) is 46.4 Å². The van der Waals surface area contributed by atoms with Gasteiger partial charge >= 0.3 is 0 Å². The highest BCUT2D eigenvalue weighted by Gasteiger charge is 2.08. The normalized spacial score (nSPS) is 9.27. The molecule has 0 aliphatic carbocycles. The fourth-order valence-electron chi connectivity index (χ4n) is 1.00. The minimum absolute atomic E-state index is 0.0375. The van der Waals surface area contributed by atoms with Crippen LogP contribution in [0.2, 0.25) is 0 Å². The molecule has 0 aliphatic heterocycles. The first-order valence-electron chi connectivity index (χ1n) is 4.14. The maximum atomic E-state index is 11.3. The van der Waals surface area contributed by atoms with Crippen LogP contribution in [0.4, 0.5) is 5.69 Å². The number of nitro groups is 1. The maximum absolute atomic E-state index is 11.3. The number of carbonyl (C=O) groups is 1. The van der Waals surface area contributed by atoms with E-state index in [0.29, 0.717) is 5.56 Å². The second-order valence-corrected chi connectivity index (χ2v) is 2.73. The summed E-state index contributed by atoms with van der Waals surface area (Å²) in [4.78, 5) is 21.1. The van der Waals surface area contributed by atoms with Gasteiger partial charge < -0.3 is 0 Å². The van der Waals surface area contributed by atoms with Crippen molar-refractivity contribution < 1.29 is 9.72 Å². The van der Waals surface area contributed by atoms with Crippen LogP contribution >= 0.6 is 0 Å². The molecule has 0 spiro atoms. The third kappa shape index (κ3) is 2.88. The van der Waals surface area contributed by atoms with E-state index in [4.69, 9.17) is 5.26 Å². The average Bonchev–Trinajstić information content (AvgIpc) is 2.26. The highest BCUT2D eigenvalue weighted by molar-refractivity contribution is 6.02. The molecule has 0 saturated heterocycles. The van der Waals surface area contributed by atoms with Crippen LogP contribution in [0.5, 0.6) is 0 Å². The highest BCUT2D eigenvalue weighted by atomic mass is 16.6. The number of carbonyl (C=O) groups excluding carboxylic acids is 1. The zero-order chi connectivity index (χ0) is 11.3. The van der Waals surface area contributed by atoms with Crippen molar-refractivity contribution in [3.63, 3.8) is 0 Å². The number of nitriles is 1. The molecule has 5 nitrogen and oxygen atoms in total. The molecule has 5 heteroatoms. The second-order valence-electron chi connectivity index (χ2n) is 2.73. The molecule has 0 aromatic heterocycles. The summed E-state index contributed by atoms with van der Waals surface area (Å²) in [5.41, 5.74) is 0.280. The lowest BCUT2D eigenvalue weighted by Crippen LogP contribution is -1.99. The van der Waals surface area contributed by atoms with E-state index in [1.807, 2.05) is 6.07 Å². The lowest BCUT2D eigenvalue weighted by atomic mass is 10.1. The number of Topliss-reactive ketones (excluding diaryl/α,β-unsaturated/α-hetero) is 1. The Morgan fingerprint density at radius 2 is 2.07 bits per heavy atom. The quantitative estimate of drug-likeness (QED) is 0.425. The van der Waals surface area contributed by atoms with Crippen LogP contribution in [-0.2, 0) is 0 Å². The maximum Gasteiger partial charge on any atom is 0.269 e. The summed E-state index contributed by atoms with van der Waals surface area (Å²) in [7, 11) is 0. The molecule has 0 saturated carbocycles. The van der Waals surface area contributed by atoms with Crippen LogP contribution in [0, 0.1) is 27.9 Å². The van der Waals surface area contributed by atoms with Crippen molar-refractivity contribution in [1.29, 1.82) is 5.26 Å². The van der Waals surface area contributed by atoms with Gasteiger partial charge in [-0.3, -0.25) is 14.9 Å². The van der Waals surface area contributed by atoms with E-state index in [1.165, 1.54) is 30.7 Å². The number of non-ortho nitro benzene ring substituents is 1. The smallest absolute Gasteiger partial charge is 0.269 e. The topological polar surface area (TPSA) is 84.0 Å². The van der Waals surface area contributed by atoms with Crippen LogP contribution in [-0.4, -0.2) is 10.7 Å². The van der Waals surface area contributed by atoms with Gasteiger partial charge in [-0.1, -0.05) is 0 Å². The molecule has 0 unspecified atom stereocenters. The first-order valence-corrected chi connectivity index (χ1v) is 4.14. The Morgan fingerprint density at radius 3 is 2.53 bits per heavy atom. The summed E-state index contributed by atoms with van der Waals surface area (Å²) in [6, 6.07) is 7.07. The molecule has 0 amide bonds. The van der Waals surface area contributed by atoms with Crippen molar-refractivity contribution in [2.24, 2.45) is 0 Å². The van der Waals surface area contributed by atoms with Crippen molar-refractivity contribution in [2.75, 3.05) is 0 Å². The van der Waals surface area contributed by atoms with E-state index in [0.717, 1.165) is 0 Å². The van der Waals surface area contributed by atoms with Gasteiger partial charge in [0.15, 0.2) is 5.78 Å². The number of rotatable bonds is 4. The first kappa shape index (κ1) is 10.9. The number of nitro benzene ring substituents is 1. The molecule has 1 radical (unpaired) electrons. The first-order chi connectivity index (χ1) is 7.15. The number of hydrogen-bond donors (Lipinski definition) is 0. The Labute approximate surface area is 86.1 Å². The van der Waals surface area contributed by atoms with Gasteiger partial charge in [0.05, 0.1) is 11.0 Å². The molecule has 75 valence electrons. The fraction of sp³-hybridized carbons (Fsp3) is 0.100. The molecular weight excluding hydrogens is 196 g/mol. The molecule has 0 N–H and O–H groups in total. The van der Waals surface area contributed by atoms with Gasteiger partial charge in [0.2, 0.25) is 0 Å². The minimum Gasteiger partial charge on any atom is -0.294 e. The molecule has 0 fully saturated rings. The molecule has 0 heterocycles. The summed E-state index contributed by atoms with van der Waals surface area (Å²) in [6.45, 7) is 0. The number of ketones is 1. The zero-order valence-corrected chi connectivity index (χ0v) is 7.71. The summed E-state index contributed by atoms with van der Waals surface area (Å²) in [6.07, 6.45) is 1.27. The predicted molar refractivity (Wildman–Crippen MR) is 52.0 cm³/mol. The molecular formula is C10H7N2O3. The van der Waals surface area contributed by atoms with Crippen molar-refractivity contribution in [2.45, 2.75) is 6.42 Å². The third-order valence-corrected chi connectivity index (χ3v) is 1.74. The van der Waals surface area contributed by atoms with Gasteiger partial charge in [0.1, 0.15) is 0 Å². The standard InChI is InChI=1S/C10H7N2O3/c11-7-1-2-10(13)8-3-5-9(6-4-8)12(14)15/h2-6H,1H2. The van der Waals surface area contributed by atoms with E-state index in [2.05, 4.69) is 0 Å². The Morgan fingerprint density at radius 1 is 1.47 bits per heavy atom. The van der Waals surface area contributed by atoms with E-state index in [9.17, 15) is 14.9 Å². The van der Waals surface area contributed by atoms with Gasteiger partial charge in [-0.15, -0.1) is 0 Å². The van der Waals surface area contributed by atoms with Crippen LogP contribution in [0.25, 0.3) is 0 Å². The lowest BCUT2D eigenvalue weighted by Gasteiger charge is -1.96. The van der Waals surface area contributed by atoms with Gasteiger partial charge in [0.25, 0.3) is 5.69 Å².